The highest BCUT2D eigenvalue weighted by Gasteiger charge is 2.71. The van der Waals surface area contributed by atoms with Gasteiger partial charge in [-0.3, -0.25) is 0 Å². The quantitative estimate of drug-likeness (QED) is 0.168. The van der Waals surface area contributed by atoms with Crippen molar-refractivity contribution in [2.24, 2.45) is 0 Å². The van der Waals surface area contributed by atoms with Crippen LogP contribution >= 0.6 is 11.6 Å². The largest absolute Gasteiger partial charge is 0.494 e. The van der Waals surface area contributed by atoms with Crippen LogP contribution in [-0.2, 0) is 40.6 Å². The summed E-state index contributed by atoms with van der Waals surface area (Å²) < 4.78 is 46.0. The Bertz CT molecular complexity index is 1390. The Morgan fingerprint density at radius 3 is 2.36 bits per heavy atom. The standard InChI is InChI=1S/C37H45ClO7/c1-4-7-20-40-32-33-36(24-42-35(44-33)27-12-10-9-11-13-27)25-43-37(45-36,34(32)41-21-8-5-2)29-16-19-31(38)28(23-29)22-26-14-17-30(18-15-26)39-6-3/h9-19,23,32-35H,4-8,20-22,24-25H2,1-3H3/t32-,33-,34+,35?,36-,37-/m0/s1. The Labute approximate surface area is 272 Å². The Balaban J connectivity index is 1.36. The number of halogens is 1. The fourth-order valence-electron chi connectivity index (χ4n) is 6.50. The van der Waals surface area contributed by atoms with Crippen molar-refractivity contribution in [2.75, 3.05) is 33.0 Å². The average molecular weight is 637 g/mol. The molecule has 242 valence electrons. The van der Waals surface area contributed by atoms with Crippen LogP contribution in [0.5, 0.6) is 5.75 Å². The Kier molecular flexibility index (Phi) is 10.5. The van der Waals surface area contributed by atoms with Gasteiger partial charge in [-0.15, -0.1) is 0 Å². The summed E-state index contributed by atoms with van der Waals surface area (Å²) in [7, 11) is 0. The van der Waals surface area contributed by atoms with Gasteiger partial charge in [-0.25, -0.2) is 0 Å². The summed E-state index contributed by atoms with van der Waals surface area (Å²) in [6.07, 6.45) is 2.50. The lowest BCUT2D eigenvalue weighted by Gasteiger charge is -2.53. The van der Waals surface area contributed by atoms with Crippen LogP contribution in [0.25, 0.3) is 0 Å². The van der Waals surface area contributed by atoms with E-state index >= 15 is 0 Å². The highest BCUT2D eigenvalue weighted by Crippen LogP contribution is 2.55. The molecule has 45 heavy (non-hydrogen) atoms. The van der Waals surface area contributed by atoms with Gasteiger partial charge in [0, 0.05) is 29.4 Å². The van der Waals surface area contributed by atoms with Gasteiger partial charge in [0.05, 0.1) is 19.8 Å². The van der Waals surface area contributed by atoms with E-state index in [1.54, 1.807) is 0 Å². The van der Waals surface area contributed by atoms with Gasteiger partial charge in [0.2, 0.25) is 5.79 Å². The van der Waals surface area contributed by atoms with E-state index in [0.29, 0.717) is 37.9 Å². The smallest absolute Gasteiger partial charge is 0.225 e. The zero-order chi connectivity index (χ0) is 31.3. The van der Waals surface area contributed by atoms with E-state index in [9.17, 15) is 0 Å². The summed E-state index contributed by atoms with van der Waals surface area (Å²) in [5.41, 5.74) is 3.04. The number of hydrogen-bond donors (Lipinski definition) is 0. The van der Waals surface area contributed by atoms with E-state index in [0.717, 1.165) is 53.7 Å². The molecule has 6 atom stereocenters. The Morgan fingerprint density at radius 1 is 0.867 bits per heavy atom. The first-order valence-corrected chi connectivity index (χ1v) is 16.8. The van der Waals surface area contributed by atoms with Crippen LogP contribution in [0.2, 0.25) is 5.02 Å². The highest BCUT2D eigenvalue weighted by molar-refractivity contribution is 6.31. The van der Waals surface area contributed by atoms with E-state index in [2.05, 4.69) is 32.0 Å². The molecule has 0 saturated carbocycles. The predicted octanol–water partition coefficient (Wildman–Crippen LogP) is 7.77. The van der Waals surface area contributed by atoms with Crippen molar-refractivity contribution >= 4 is 11.6 Å². The maximum Gasteiger partial charge on any atom is 0.225 e. The zero-order valence-electron chi connectivity index (χ0n) is 26.5. The third kappa shape index (κ3) is 6.68. The van der Waals surface area contributed by atoms with Crippen LogP contribution < -0.4 is 4.74 Å². The molecule has 6 rings (SSSR count). The predicted molar refractivity (Wildman–Crippen MR) is 173 cm³/mol. The van der Waals surface area contributed by atoms with Crippen LogP contribution in [0.4, 0.5) is 0 Å². The molecule has 3 fully saturated rings. The fourth-order valence-corrected chi connectivity index (χ4v) is 6.68. The van der Waals surface area contributed by atoms with Crippen molar-refractivity contribution in [1.29, 1.82) is 0 Å². The number of rotatable bonds is 14. The lowest BCUT2D eigenvalue weighted by molar-refractivity contribution is -0.392. The molecule has 3 aliphatic heterocycles. The second-order valence-corrected chi connectivity index (χ2v) is 12.5. The minimum Gasteiger partial charge on any atom is -0.494 e. The van der Waals surface area contributed by atoms with Gasteiger partial charge in [0.25, 0.3) is 0 Å². The van der Waals surface area contributed by atoms with Crippen molar-refractivity contribution in [3.63, 3.8) is 0 Å². The topological polar surface area (TPSA) is 64.6 Å². The van der Waals surface area contributed by atoms with Crippen LogP contribution in [0.3, 0.4) is 0 Å². The molecule has 0 aliphatic carbocycles. The first-order chi connectivity index (χ1) is 22.0. The number of benzene rings is 3. The molecule has 3 aromatic rings. The third-order valence-electron chi connectivity index (χ3n) is 8.88. The third-order valence-corrected chi connectivity index (χ3v) is 9.25. The molecule has 3 heterocycles. The lowest BCUT2D eigenvalue weighted by Crippen LogP contribution is -2.69. The molecule has 7 nitrogen and oxygen atoms in total. The summed E-state index contributed by atoms with van der Waals surface area (Å²) in [4.78, 5) is 0. The van der Waals surface area contributed by atoms with Crippen LogP contribution in [0, 0.1) is 0 Å². The second kappa shape index (κ2) is 14.5. The molecule has 3 saturated heterocycles. The lowest BCUT2D eigenvalue weighted by atomic mass is 9.82. The van der Waals surface area contributed by atoms with E-state index in [4.69, 9.17) is 44.8 Å². The number of hydrogen-bond acceptors (Lipinski definition) is 7. The van der Waals surface area contributed by atoms with E-state index in [1.807, 2.05) is 61.5 Å². The summed E-state index contributed by atoms with van der Waals surface area (Å²) in [6.45, 7) is 8.66. The maximum atomic E-state index is 7.08. The number of ether oxygens (including phenoxy) is 7. The van der Waals surface area contributed by atoms with Crippen molar-refractivity contribution in [1.82, 2.24) is 0 Å². The molecule has 0 radical (unpaired) electrons. The van der Waals surface area contributed by atoms with Gasteiger partial charge in [0.1, 0.15) is 29.7 Å². The van der Waals surface area contributed by atoms with Gasteiger partial charge in [-0.2, -0.15) is 0 Å². The van der Waals surface area contributed by atoms with Crippen molar-refractivity contribution in [2.45, 2.75) is 88.9 Å². The Morgan fingerprint density at radius 2 is 1.62 bits per heavy atom. The Hall–Kier alpha value is -2.49. The van der Waals surface area contributed by atoms with Gasteiger partial charge in [-0.05, 0) is 61.6 Å². The normalized spacial score (nSPS) is 29.0. The molecular formula is C37H45ClO7. The molecule has 2 bridgehead atoms. The van der Waals surface area contributed by atoms with Crippen molar-refractivity contribution < 1.29 is 33.2 Å². The second-order valence-electron chi connectivity index (χ2n) is 12.1. The van der Waals surface area contributed by atoms with E-state index in [1.165, 1.54) is 0 Å². The van der Waals surface area contributed by atoms with Crippen LogP contribution in [0.15, 0.2) is 72.8 Å². The van der Waals surface area contributed by atoms with E-state index in [-0.39, 0.29) is 6.61 Å². The molecular weight excluding hydrogens is 592 g/mol. The molecule has 8 heteroatoms. The van der Waals surface area contributed by atoms with Crippen molar-refractivity contribution in [3.8, 4) is 5.75 Å². The highest BCUT2D eigenvalue weighted by atomic mass is 35.5. The molecule has 1 spiro atoms. The van der Waals surface area contributed by atoms with Crippen LogP contribution in [0.1, 0.15) is 75.0 Å². The van der Waals surface area contributed by atoms with Gasteiger partial charge >= 0.3 is 0 Å². The average Bonchev–Trinajstić information content (AvgIpc) is 3.40. The van der Waals surface area contributed by atoms with Crippen LogP contribution in [-0.4, -0.2) is 56.9 Å². The monoisotopic (exact) mass is 636 g/mol. The molecule has 0 aromatic heterocycles. The fraction of sp³-hybridized carbons (Fsp3) is 0.514. The molecule has 1 unspecified atom stereocenters. The summed E-state index contributed by atoms with van der Waals surface area (Å²) in [6, 6.07) is 24.1. The van der Waals surface area contributed by atoms with Crippen molar-refractivity contribution in [3.05, 3.63) is 100 Å². The summed E-state index contributed by atoms with van der Waals surface area (Å²) in [5.74, 6) is -0.367. The van der Waals surface area contributed by atoms with E-state index < -0.39 is 36.0 Å². The van der Waals surface area contributed by atoms with Gasteiger partial charge < -0.3 is 33.2 Å². The summed E-state index contributed by atoms with van der Waals surface area (Å²) in [5, 5.41) is 0.680. The minimum absolute atomic E-state index is 0.289. The first-order valence-electron chi connectivity index (χ1n) is 16.4. The van der Waals surface area contributed by atoms with Gasteiger partial charge in [0.15, 0.2) is 6.29 Å². The molecule has 3 aliphatic rings. The molecule has 0 amide bonds. The molecule has 3 aromatic carbocycles. The number of unbranched alkanes of at least 4 members (excludes halogenated alkanes) is 2. The zero-order valence-corrected chi connectivity index (χ0v) is 27.3. The van der Waals surface area contributed by atoms with Gasteiger partial charge in [-0.1, -0.05) is 86.8 Å². The molecule has 0 N–H and O–H groups in total. The first kappa shape index (κ1) is 32.5. The minimum atomic E-state index is -1.22. The maximum absolute atomic E-state index is 7.08. The summed E-state index contributed by atoms with van der Waals surface area (Å²) >= 11 is 6.80. The number of fused-ring (bicyclic) bond motifs is 1. The SMILES string of the molecule is CCCCO[C@@H]1[C@@H](OCCCC)[C@@]2(c3ccc(Cl)c(Cc4ccc(OCC)cc4)c3)OC[C@]3(COC(c4ccccc4)O[C@@H]13)O2.